The molecule has 1 aliphatic heterocycles. The van der Waals surface area contributed by atoms with Crippen molar-refractivity contribution in [2.75, 3.05) is 13.1 Å². The zero-order valence-corrected chi connectivity index (χ0v) is 11.5. The molecule has 1 N–H and O–H groups in total. The molecule has 19 heavy (non-hydrogen) atoms. The molecule has 1 aromatic rings. The summed E-state index contributed by atoms with van der Waals surface area (Å²) in [5, 5.41) is 11.4. The van der Waals surface area contributed by atoms with Gasteiger partial charge in [0, 0.05) is 19.0 Å². The highest BCUT2D eigenvalue weighted by atomic mass is 16.1. The van der Waals surface area contributed by atoms with Gasteiger partial charge in [-0.05, 0) is 31.6 Å². The maximum atomic E-state index is 12.4. The second kappa shape index (κ2) is 5.41. The quantitative estimate of drug-likeness (QED) is 0.841. The molecule has 0 amide bonds. The van der Waals surface area contributed by atoms with Crippen LogP contribution >= 0.6 is 0 Å². The van der Waals surface area contributed by atoms with E-state index in [0.29, 0.717) is 11.7 Å². The Bertz CT molecular complexity index is 444. The van der Waals surface area contributed by atoms with Gasteiger partial charge in [-0.1, -0.05) is 18.6 Å². The Labute approximate surface area is 113 Å². The van der Waals surface area contributed by atoms with Gasteiger partial charge in [-0.15, -0.1) is 5.10 Å². The summed E-state index contributed by atoms with van der Waals surface area (Å²) in [6.07, 6.45) is 7.50. The van der Waals surface area contributed by atoms with Crippen LogP contribution in [-0.4, -0.2) is 33.9 Å². The van der Waals surface area contributed by atoms with E-state index < -0.39 is 0 Å². The molecule has 0 spiro atoms. The maximum Gasteiger partial charge on any atom is 0.187 e. The van der Waals surface area contributed by atoms with E-state index in [-0.39, 0.29) is 11.7 Å². The van der Waals surface area contributed by atoms with Crippen LogP contribution in [0.5, 0.6) is 0 Å². The molecule has 0 bridgehead atoms. The Hall–Kier alpha value is -1.23. The lowest BCUT2D eigenvalue weighted by atomic mass is 9.78. The van der Waals surface area contributed by atoms with Crippen molar-refractivity contribution in [2.24, 2.45) is 11.8 Å². The van der Waals surface area contributed by atoms with Gasteiger partial charge in [0.05, 0.1) is 12.2 Å². The van der Waals surface area contributed by atoms with Crippen LogP contribution in [0.1, 0.15) is 55.6 Å². The Morgan fingerprint density at radius 2 is 2.11 bits per heavy atom. The Morgan fingerprint density at radius 1 is 1.37 bits per heavy atom. The van der Waals surface area contributed by atoms with E-state index in [9.17, 15) is 4.79 Å². The summed E-state index contributed by atoms with van der Waals surface area (Å²) in [6, 6.07) is 0.380. The first-order valence-electron chi connectivity index (χ1n) is 7.44. The van der Waals surface area contributed by atoms with Crippen LogP contribution in [0.2, 0.25) is 0 Å². The van der Waals surface area contributed by atoms with Gasteiger partial charge in [0.1, 0.15) is 5.69 Å². The second-order valence-corrected chi connectivity index (χ2v) is 5.89. The van der Waals surface area contributed by atoms with Gasteiger partial charge < -0.3 is 5.32 Å². The lowest BCUT2D eigenvalue weighted by Gasteiger charge is -2.27. The summed E-state index contributed by atoms with van der Waals surface area (Å²) in [5.41, 5.74) is 0.562. The molecular formula is C14H22N4O. The van der Waals surface area contributed by atoms with Gasteiger partial charge >= 0.3 is 0 Å². The molecule has 5 nitrogen and oxygen atoms in total. The summed E-state index contributed by atoms with van der Waals surface area (Å²) < 4.78 is 1.83. The molecule has 1 aromatic heterocycles. The second-order valence-electron chi connectivity index (χ2n) is 5.89. The first-order chi connectivity index (χ1) is 9.28. The minimum Gasteiger partial charge on any atom is -0.312 e. The van der Waals surface area contributed by atoms with Crippen LogP contribution in [0.3, 0.4) is 0 Å². The molecule has 1 saturated carbocycles. The van der Waals surface area contributed by atoms with Gasteiger partial charge in [-0.2, -0.15) is 0 Å². The van der Waals surface area contributed by atoms with Crippen molar-refractivity contribution in [3.05, 3.63) is 11.9 Å². The summed E-state index contributed by atoms with van der Waals surface area (Å²) in [5.74, 6) is 1.20. The fraction of sp³-hybridized carbons (Fsp3) is 0.786. The Morgan fingerprint density at radius 3 is 2.68 bits per heavy atom. The first kappa shape index (κ1) is 12.8. The van der Waals surface area contributed by atoms with Crippen LogP contribution in [0.25, 0.3) is 0 Å². The number of nitrogens with one attached hydrogen (secondary N) is 1. The van der Waals surface area contributed by atoms with Crippen LogP contribution in [0.4, 0.5) is 0 Å². The number of Topliss-reactive ketones (excluding diaryl/α,β-unsaturated/α-hetero) is 1. The van der Waals surface area contributed by atoms with E-state index in [1.165, 1.54) is 19.3 Å². The Balaban J connectivity index is 1.62. The standard InChI is InChI=1S/C14H22N4O/c1-2-10-3-5-11(6-4-10)14(19)13-9-18(17-16-13)12-7-15-8-12/h9-12,15H,2-8H2,1H3. The van der Waals surface area contributed by atoms with Gasteiger partial charge in [0.2, 0.25) is 0 Å². The number of hydrogen-bond donors (Lipinski definition) is 1. The van der Waals surface area contributed by atoms with Crippen molar-refractivity contribution < 1.29 is 4.79 Å². The molecule has 2 heterocycles. The van der Waals surface area contributed by atoms with Gasteiger partial charge in [0.25, 0.3) is 0 Å². The molecule has 1 saturated heterocycles. The highest BCUT2D eigenvalue weighted by Gasteiger charge is 2.29. The number of hydrogen-bond acceptors (Lipinski definition) is 4. The first-order valence-corrected chi connectivity index (χ1v) is 7.44. The van der Waals surface area contributed by atoms with Gasteiger partial charge in [-0.25, -0.2) is 4.68 Å². The monoisotopic (exact) mass is 262 g/mol. The average molecular weight is 262 g/mol. The summed E-state index contributed by atoms with van der Waals surface area (Å²) in [6.45, 7) is 4.10. The molecule has 3 rings (SSSR count). The average Bonchev–Trinajstić information content (AvgIpc) is 2.85. The lowest BCUT2D eigenvalue weighted by molar-refractivity contribution is 0.0865. The number of aromatic nitrogens is 3. The van der Waals surface area contributed by atoms with E-state index in [0.717, 1.165) is 31.8 Å². The summed E-state index contributed by atoms with van der Waals surface area (Å²) in [7, 11) is 0. The zero-order chi connectivity index (χ0) is 13.2. The van der Waals surface area contributed by atoms with Gasteiger partial charge in [-0.3, -0.25) is 4.79 Å². The predicted octanol–water partition coefficient (Wildman–Crippen LogP) is 1.82. The lowest BCUT2D eigenvalue weighted by Crippen LogP contribution is -2.43. The third-order valence-corrected chi connectivity index (χ3v) is 4.69. The third-order valence-electron chi connectivity index (χ3n) is 4.69. The normalized spacial score (nSPS) is 28.1. The SMILES string of the molecule is CCC1CCC(C(=O)c2cn(C3CNC3)nn2)CC1. The minimum atomic E-state index is 0.174. The highest BCUT2D eigenvalue weighted by Crippen LogP contribution is 2.32. The largest absolute Gasteiger partial charge is 0.312 e. The zero-order valence-electron chi connectivity index (χ0n) is 11.5. The predicted molar refractivity (Wildman–Crippen MR) is 72.0 cm³/mol. The summed E-state index contributed by atoms with van der Waals surface area (Å²) >= 11 is 0. The Kier molecular flexibility index (Phi) is 3.64. The molecule has 0 radical (unpaired) electrons. The molecule has 5 heteroatoms. The number of carbonyl (C=O) groups is 1. The minimum absolute atomic E-state index is 0.174. The van der Waals surface area contributed by atoms with Crippen LogP contribution in [0.15, 0.2) is 6.20 Å². The van der Waals surface area contributed by atoms with E-state index in [1.807, 2.05) is 10.9 Å². The number of nitrogens with zero attached hydrogens (tertiary/aromatic N) is 3. The van der Waals surface area contributed by atoms with E-state index >= 15 is 0 Å². The number of ketones is 1. The number of rotatable bonds is 4. The van der Waals surface area contributed by atoms with Gasteiger partial charge in [0.15, 0.2) is 5.78 Å². The van der Waals surface area contributed by atoms with Crippen molar-refractivity contribution in [3.63, 3.8) is 0 Å². The smallest absolute Gasteiger partial charge is 0.187 e. The fourth-order valence-electron chi connectivity index (χ4n) is 3.07. The summed E-state index contributed by atoms with van der Waals surface area (Å²) in [4.78, 5) is 12.4. The van der Waals surface area contributed by atoms with Crippen molar-refractivity contribution in [2.45, 2.75) is 45.1 Å². The van der Waals surface area contributed by atoms with Crippen LogP contribution in [0, 0.1) is 11.8 Å². The van der Waals surface area contributed by atoms with E-state index in [2.05, 4.69) is 22.6 Å². The molecule has 2 aliphatic rings. The fourth-order valence-corrected chi connectivity index (χ4v) is 3.07. The van der Waals surface area contributed by atoms with Crippen molar-refractivity contribution in [1.29, 1.82) is 0 Å². The molecule has 104 valence electrons. The molecule has 1 aliphatic carbocycles. The third kappa shape index (κ3) is 2.56. The van der Waals surface area contributed by atoms with Crippen molar-refractivity contribution in [3.8, 4) is 0 Å². The number of carbonyl (C=O) groups excluding carboxylic acids is 1. The maximum absolute atomic E-state index is 12.4. The van der Waals surface area contributed by atoms with Crippen molar-refractivity contribution in [1.82, 2.24) is 20.3 Å². The van der Waals surface area contributed by atoms with Crippen molar-refractivity contribution >= 4 is 5.78 Å². The molecule has 0 aromatic carbocycles. The molecule has 0 atom stereocenters. The molecule has 2 fully saturated rings. The molecule has 0 unspecified atom stereocenters. The highest BCUT2D eigenvalue weighted by molar-refractivity contribution is 5.95. The molecular weight excluding hydrogens is 240 g/mol. The van der Waals surface area contributed by atoms with Crippen LogP contribution in [-0.2, 0) is 0 Å². The van der Waals surface area contributed by atoms with E-state index in [1.54, 1.807) is 0 Å². The topological polar surface area (TPSA) is 59.8 Å². The van der Waals surface area contributed by atoms with E-state index in [4.69, 9.17) is 0 Å². The van der Waals surface area contributed by atoms with Crippen LogP contribution < -0.4 is 5.32 Å².